The highest BCUT2D eigenvalue weighted by Gasteiger charge is 2.18. The highest BCUT2D eigenvalue weighted by Crippen LogP contribution is 2.23. The van der Waals surface area contributed by atoms with E-state index in [0.29, 0.717) is 5.69 Å². The van der Waals surface area contributed by atoms with Gasteiger partial charge in [-0.05, 0) is 55.5 Å². The molecule has 3 aromatic rings. The predicted octanol–water partition coefficient (Wildman–Crippen LogP) is 4.19. The Hall–Kier alpha value is -3.46. The number of nitrogens with one attached hydrogen (secondary N) is 2. The minimum absolute atomic E-state index is 0.0798. The average Bonchev–Trinajstić information content (AvgIpc) is 2.72. The van der Waals surface area contributed by atoms with Crippen LogP contribution in [0.4, 0.5) is 14.5 Å². The maximum Gasteiger partial charge on any atom is 0.387 e. The lowest BCUT2D eigenvalue weighted by atomic mass is 10.2. The molecule has 0 fully saturated rings. The molecule has 1 amide bonds. The minimum atomic E-state index is -3.67. The first-order valence-electron chi connectivity index (χ1n) is 8.79. The number of carbonyl (C=O) groups excluding carboxylic acids is 1. The molecule has 0 aliphatic rings. The van der Waals surface area contributed by atoms with Crippen LogP contribution in [-0.2, 0) is 9.84 Å². The molecule has 0 aromatic heterocycles. The second kappa shape index (κ2) is 8.91. The van der Waals surface area contributed by atoms with Crippen molar-refractivity contribution in [2.24, 2.45) is 0 Å². The van der Waals surface area contributed by atoms with Crippen LogP contribution in [0.1, 0.15) is 15.9 Å². The number of aryl methyl sites for hydroxylation is 1. The molecule has 0 atom stereocenters. The summed E-state index contributed by atoms with van der Waals surface area (Å²) in [6, 6.07) is 17.8. The molecule has 3 rings (SSSR count). The molecule has 3 aromatic carbocycles. The highest BCUT2D eigenvalue weighted by atomic mass is 32.2. The number of alkyl halides is 2. The number of benzene rings is 3. The number of halogens is 2. The van der Waals surface area contributed by atoms with Crippen LogP contribution in [0.5, 0.6) is 5.75 Å². The van der Waals surface area contributed by atoms with E-state index in [1.807, 2.05) is 6.92 Å². The van der Waals surface area contributed by atoms with Crippen molar-refractivity contribution >= 4 is 21.4 Å². The maximum absolute atomic E-state index is 12.7. The van der Waals surface area contributed by atoms with Crippen LogP contribution in [0.15, 0.2) is 82.6 Å². The van der Waals surface area contributed by atoms with Gasteiger partial charge in [0.15, 0.2) is 0 Å². The molecule has 0 bridgehead atoms. The van der Waals surface area contributed by atoms with Crippen LogP contribution < -0.4 is 15.6 Å². The van der Waals surface area contributed by atoms with E-state index in [-0.39, 0.29) is 21.1 Å². The third kappa shape index (κ3) is 4.93. The molecule has 30 heavy (non-hydrogen) atoms. The van der Waals surface area contributed by atoms with E-state index in [9.17, 15) is 22.0 Å². The van der Waals surface area contributed by atoms with Crippen LogP contribution in [-0.4, -0.2) is 20.9 Å². The van der Waals surface area contributed by atoms with Crippen molar-refractivity contribution in [3.8, 4) is 5.75 Å². The molecule has 0 heterocycles. The molecule has 0 spiro atoms. The molecule has 2 N–H and O–H groups in total. The van der Waals surface area contributed by atoms with Crippen molar-refractivity contribution < 1.29 is 26.7 Å². The summed E-state index contributed by atoms with van der Waals surface area (Å²) < 4.78 is 54.6. The van der Waals surface area contributed by atoms with Gasteiger partial charge in [0.1, 0.15) is 5.75 Å². The molecule has 0 radical (unpaired) electrons. The Morgan fingerprint density at radius 3 is 2.07 bits per heavy atom. The van der Waals surface area contributed by atoms with Gasteiger partial charge in [-0.25, -0.2) is 8.42 Å². The number of hydrogen-bond acceptors (Lipinski definition) is 5. The van der Waals surface area contributed by atoms with Gasteiger partial charge in [0.05, 0.1) is 21.0 Å². The third-order valence-corrected chi connectivity index (χ3v) is 5.95. The topological polar surface area (TPSA) is 84.5 Å². The van der Waals surface area contributed by atoms with Gasteiger partial charge in [-0.2, -0.15) is 8.78 Å². The zero-order valence-electron chi connectivity index (χ0n) is 15.8. The third-order valence-electron chi connectivity index (χ3n) is 4.16. The fraction of sp³-hybridized carbons (Fsp3) is 0.0952. The molecule has 0 saturated carbocycles. The lowest BCUT2D eigenvalue weighted by Crippen LogP contribution is -2.29. The van der Waals surface area contributed by atoms with E-state index < -0.39 is 22.4 Å². The molecule has 0 saturated heterocycles. The smallest absolute Gasteiger partial charge is 0.387 e. The van der Waals surface area contributed by atoms with E-state index in [0.717, 1.165) is 5.56 Å². The number of carbonyl (C=O) groups is 1. The van der Waals surface area contributed by atoms with Crippen molar-refractivity contribution in [1.82, 2.24) is 5.43 Å². The van der Waals surface area contributed by atoms with E-state index in [2.05, 4.69) is 15.6 Å². The molecular formula is C21H18F2N2O4S. The van der Waals surface area contributed by atoms with Crippen LogP contribution in [0.3, 0.4) is 0 Å². The van der Waals surface area contributed by atoms with Crippen molar-refractivity contribution in [3.63, 3.8) is 0 Å². The Bertz CT molecular complexity index is 1130. The zero-order chi connectivity index (χ0) is 21.7. The van der Waals surface area contributed by atoms with E-state index in [4.69, 9.17) is 0 Å². The summed E-state index contributed by atoms with van der Waals surface area (Å²) in [5.74, 6) is -0.950. The summed E-state index contributed by atoms with van der Waals surface area (Å²) in [6.45, 7) is -1.20. The second-order valence-corrected chi connectivity index (χ2v) is 8.24. The van der Waals surface area contributed by atoms with Gasteiger partial charge in [-0.1, -0.05) is 29.8 Å². The number of anilines is 1. The van der Waals surface area contributed by atoms with E-state index >= 15 is 0 Å². The SMILES string of the molecule is Cc1ccc(S(=O)(=O)c2ccc(NNC(=O)c3ccccc3OC(F)F)cc2)cc1. The highest BCUT2D eigenvalue weighted by molar-refractivity contribution is 7.91. The summed E-state index contributed by atoms with van der Waals surface area (Å²) in [5, 5.41) is 0. The number of hydrazine groups is 1. The Morgan fingerprint density at radius 1 is 0.900 bits per heavy atom. The molecule has 9 heteroatoms. The van der Waals surface area contributed by atoms with Gasteiger partial charge in [0, 0.05) is 0 Å². The molecule has 0 aliphatic heterocycles. The van der Waals surface area contributed by atoms with Crippen LogP contribution >= 0.6 is 0 Å². The van der Waals surface area contributed by atoms with Crippen LogP contribution in [0.25, 0.3) is 0 Å². The van der Waals surface area contributed by atoms with Crippen molar-refractivity contribution in [3.05, 3.63) is 83.9 Å². The Balaban J connectivity index is 1.69. The Kier molecular flexibility index (Phi) is 6.31. The summed E-state index contributed by atoms with van der Waals surface area (Å²) in [6.07, 6.45) is 0. The quantitative estimate of drug-likeness (QED) is 0.547. The summed E-state index contributed by atoms with van der Waals surface area (Å²) >= 11 is 0. The first kappa shape index (κ1) is 21.3. The standard InChI is InChI=1S/C21H18F2N2O4S/c1-14-6-10-16(11-7-14)30(27,28)17-12-8-15(9-13-17)24-25-20(26)18-4-2-3-5-19(18)29-21(22)23/h2-13,21,24H,1H3,(H,25,26). The van der Waals surface area contributed by atoms with E-state index in [1.54, 1.807) is 12.1 Å². The Morgan fingerprint density at radius 2 is 1.47 bits per heavy atom. The van der Waals surface area contributed by atoms with Crippen molar-refractivity contribution in [2.45, 2.75) is 23.3 Å². The number of ether oxygens (including phenoxy) is 1. The van der Waals surface area contributed by atoms with Gasteiger partial charge in [0.2, 0.25) is 9.84 Å². The second-order valence-electron chi connectivity index (χ2n) is 6.29. The molecule has 0 unspecified atom stereocenters. The normalized spacial score (nSPS) is 11.2. The number of amides is 1. The van der Waals surface area contributed by atoms with Crippen molar-refractivity contribution in [2.75, 3.05) is 5.43 Å². The first-order valence-corrected chi connectivity index (χ1v) is 10.3. The van der Waals surface area contributed by atoms with Crippen LogP contribution in [0.2, 0.25) is 0 Å². The van der Waals surface area contributed by atoms with Gasteiger partial charge < -0.3 is 4.74 Å². The zero-order valence-corrected chi connectivity index (χ0v) is 16.6. The lowest BCUT2D eigenvalue weighted by Gasteiger charge is -2.12. The molecule has 156 valence electrons. The van der Waals surface area contributed by atoms with Gasteiger partial charge >= 0.3 is 6.61 Å². The summed E-state index contributed by atoms with van der Waals surface area (Å²) in [5.41, 5.74) is 6.24. The average molecular weight is 432 g/mol. The fourth-order valence-electron chi connectivity index (χ4n) is 2.62. The van der Waals surface area contributed by atoms with Gasteiger partial charge in [-0.15, -0.1) is 0 Å². The van der Waals surface area contributed by atoms with Gasteiger partial charge in [0.25, 0.3) is 5.91 Å². The first-order chi connectivity index (χ1) is 14.3. The lowest BCUT2D eigenvalue weighted by molar-refractivity contribution is -0.0501. The maximum atomic E-state index is 12.7. The number of para-hydroxylation sites is 1. The van der Waals surface area contributed by atoms with Gasteiger partial charge in [-0.3, -0.25) is 15.6 Å². The monoisotopic (exact) mass is 432 g/mol. The van der Waals surface area contributed by atoms with Crippen LogP contribution in [0, 0.1) is 6.92 Å². The summed E-state index contributed by atoms with van der Waals surface area (Å²) in [4.78, 5) is 12.5. The number of rotatable bonds is 7. The minimum Gasteiger partial charge on any atom is -0.434 e. The molecule has 0 aliphatic carbocycles. The number of sulfone groups is 1. The summed E-state index contributed by atoms with van der Waals surface area (Å²) in [7, 11) is -3.67. The molecular weight excluding hydrogens is 414 g/mol. The van der Waals surface area contributed by atoms with Crippen molar-refractivity contribution in [1.29, 1.82) is 0 Å². The van der Waals surface area contributed by atoms with E-state index in [1.165, 1.54) is 60.7 Å². The molecule has 6 nitrogen and oxygen atoms in total. The largest absolute Gasteiger partial charge is 0.434 e. The fourth-order valence-corrected chi connectivity index (χ4v) is 3.88. The predicted molar refractivity (Wildman–Crippen MR) is 107 cm³/mol. The Labute approximate surface area is 172 Å². The number of hydrogen-bond donors (Lipinski definition) is 2.